The second kappa shape index (κ2) is 9.36. The van der Waals surface area contributed by atoms with E-state index in [2.05, 4.69) is 4.90 Å². The van der Waals surface area contributed by atoms with Crippen molar-refractivity contribution in [2.75, 3.05) is 55.3 Å². The number of anilines is 2. The van der Waals surface area contributed by atoms with Crippen LogP contribution in [0.2, 0.25) is 5.02 Å². The van der Waals surface area contributed by atoms with Crippen molar-refractivity contribution < 1.29 is 17.9 Å². The third-order valence-corrected chi connectivity index (χ3v) is 6.79. The number of amides is 1. The van der Waals surface area contributed by atoms with Crippen molar-refractivity contribution in [2.45, 2.75) is 13.8 Å². The minimum Gasteiger partial charge on any atom is -0.495 e. The smallest absolute Gasteiger partial charge is 0.243 e. The molecule has 1 heterocycles. The first-order valence-electron chi connectivity index (χ1n) is 10.0. The van der Waals surface area contributed by atoms with Gasteiger partial charge in [-0.15, -0.1) is 0 Å². The van der Waals surface area contributed by atoms with Crippen molar-refractivity contribution in [3.63, 3.8) is 0 Å². The van der Waals surface area contributed by atoms with Crippen LogP contribution in [0.5, 0.6) is 5.75 Å². The molecule has 1 saturated heterocycles. The Labute approximate surface area is 189 Å². The van der Waals surface area contributed by atoms with Crippen LogP contribution in [0, 0.1) is 13.8 Å². The summed E-state index contributed by atoms with van der Waals surface area (Å²) < 4.78 is 31.5. The molecule has 0 saturated carbocycles. The number of hydrogen-bond donors (Lipinski definition) is 0. The maximum absolute atomic E-state index is 13.0. The van der Waals surface area contributed by atoms with Gasteiger partial charge < -0.3 is 14.5 Å². The summed E-state index contributed by atoms with van der Waals surface area (Å²) in [4.78, 5) is 16.9. The van der Waals surface area contributed by atoms with E-state index in [0.717, 1.165) is 27.4 Å². The van der Waals surface area contributed by atoms with E-state index in [0.29, 0.717) is 42.6 Å². The van der Waals surface area contributed by atoms with Crippen LogP contribution in [-0.2, 0) is 14.8 Å². The summed E-state index contributed by atoms with van der Waals surface area (Å²) in [5.41, 5.74) is 3.43. The molecule has 1 aliphatic rings. The Morgan fingerprint density at radius 1 is 1.10 bits per heavy atom. The Morgan fingerprint density at radius 2 is 1.77 bits per heavy atom. The lowest BCUT2D eigenvalue weighted by atomic mass is 10.1. The fourth-order valence-corrected chi connectivity index (χ4v) is 4.73. The Kier molecular flexibility index (Phi) is 7.01. The number of methoxy groups -OCH3 is 1. The van der Waals surface area contributed by atoms with Gasteiger partial charge in [0.1, 0.15) is 12.3 Å². The standard InChI is InChI=1S/C22H28ClN3O4S/c1-16-5-8-21(30-3)20(13-16)26(31(4,28)29)15-22(27)25-11-9-24(10-12-25)19-14-18(23)7-6-17(19)2/h5-8,13-14H,9-12,15H2,1-4H3. The van der Waals surface area contributed by atoms with Crippen LogP contribution in [0.15, 0.2) is 36.4 Å². The average Bonchev–Trinajstić information content (AvgIpc) is 2.73. The van der Waals surface area contributed by atoms with Crippen molar-refractivity contribution in [2.24, 2.45) is 0 Å². The summed E-state index contributed by atoms with van der Waals surface area (Å²) in [5.74, 6) is 0.168. The van der Waals surface area contributed by atoms with Gasteiger partial charge in [-0.2, -0.15) is 0 Å². The van der Waals surface area contributed by atoms with Gasteiger partial charge in [-0.1, -0.05) is 23.7 Å². The Balaban J connectivity index is 1.74. The monoisotopic (exact) mass is 465 g/mol. The summed E-state index contributed by atoms with van der Waals surface area (Å²) in [5, 5.41) is 0.676. The van der Waals surface area contributed by atoms with Gasteiger partial charge in [0.25, 0.3) is 0 Å². The molecule has 0 atom stereocenters. The number of rotatable bonds is 6. The van der Waals surface area contributed by atoms with Crippen molar-refractivity contribution in [1.29, 1.82) is 0 Å². The van der Waals surface area contributed by atoms with Gasteiger partial charge in [-0.25, -0.2) is 8.42 Å². The second-order valence-corrected chi connectivity index (χ2v) is 10.1. The van der Waals surface area contributed by atoms with E-state index in [1.54, 1.807) is 17.0 Å². The van der Waals surface area contributed by atoms with E-state index < -0.39 is 10.0 Å². The Bertz CT molecular complexity index is 1070. The van der Waals surface area contributed by atoms with Crippen molar-refractivity contribution in [1.82, 2.24) is 4.90 Å². The number of carbonyl (C=O) groups is 1. The molecule has 2 aromatic rings. The first kappa shape index (κ1) is 23.2. The number of halogens is 1. The highest BCUT2D eigenvalue weighted by Crippen LogP contribution is 2.31. The Morgan fingerprint density at radius 3 is 2.39 bits per heavy atom. The van der Waals surface area contributed by atoms with Crippen LogP contribution in [0.3, 0.4) is 0 Å². The van der Waals surface area contributed by atoms with E-state index >= 15 is 0 Å². The predicted octanol–water partition coefficient (Wildman–Crippen LogP) is 3.08. The van der Waals surface area contributed by atoms with Crippen LogP contribution in [0.25, 0.3) is 0 Å². The minimum atomic E-state index is -3.68. The van der Waals surface area contributed by atoms with E-state index in [9.17, 15) is 13.2 Å². The molecule has 1 fully saturated rings. The van der Waals surface area contributed by atoms with Crippen LogP contribution in [0.1, 0.15) is 11.1 Å². The molecule has 0 aromatic heterocycles. The molecule has 0 unspecified atom stereocenters. The summed E-state index contributed by atoms with van der Waals surface area (Å²) in [6, 6.07) is 11.0. The molecule has 0 N–H and O–H groups in total. The molecule has 1 aliphatic heterocycles. The van der Waals surface area contributed by atoms with Crippen LogP contribution in [-0.4, -0.2) is 65.3 Å². The lowest BCUT2D eigenvalue weighted by Gasteiger charge is -2.37. The number of carbonyl (C=O) groups excluding carboxylic acids is 1. The van der Waals surface area contributed by atoms with Gasteiger partial charge in [-0.3, -0.25) is 9.10 Å². The van der Waals surface area contributed by atoms with Crippen LogP contribution >= 0.6 is 11.6 Å². The highest BCUT2D eigenvalue weighted by Gasteiger charge is 2.28. The molecule has 0 bridgehead atoms. The number of hydrogen-bond acceptors (Lipinski definition) is 5. The molecule has 0 radical (unpaired) electrons. The quantitative estimate of drug-likeness (QED) is 0.655. The number of nitrogens with zero attached hydrogens (tertiary/aromatic N) is 3. The number of ether oxygens (including phenoxy) is 1. The first-order chi connectivity index (χ1) is 14.6. The molecule has 3 rings (SSSR count). The highest BCUT2D eigenvalue weighted by atomic mass is 35.5. The average molecular weight is 466 g/mol. The number of benzene rings is 2. The minimum absolute atomic E-state index is 0.239. The van der Waals surface area contributed by atoms with Gasteiger partial charge >= 0.3 is 0 Å². The SMILES string of the molecule is COc1ccc(C)cc1N(CC(=O)N1CCN(c2cc(Cl)ccc2C)CC1)S(C)(=O)=O. The molecule has 0 aliphatic carbocycles. The molecule has 7 nitrogen and oxygen atoms in total. The lowest BCUT2D eigenvalue weighted by Crippen LogP contribution is -2.52. The fourth-order valence-electron chi connectivity index (χ4n) is 3.72. The molecular formula is C22H28ClN3O4S. The van der Waals surface area contributed by atoms with Crippen LogP contribution in [0.4, 0.5) is 11.4 Å². The Hall–Kier alpha value is -2.45. The van der Waals surface area contributed by atoms with Crippen molar-refractivity contribution >= 4 is 38.9 Å². The third-order valence-electron chi connectivity index (χ3n) is 5.43. The first-order valence-corrected chi connectivity index (χ1v) is 12.2. The number of sulfonamides is 1. The zero-order valence-electron chi connectivity index (χ0n) is 18.3. The number of aryl methyl sites for hydroxylation is 2. The summed E-state index contributed by atoms with van der Waals surface area (Å²) in [6.45, 7) is 5.94. The van der Waals surface area contributed by atoms with Gasteiger partial charge in [0.2, 0.25) is 15.9 Å². The van der Waals surface area contributed by atoms with Gasteiger partial charge in [0.15, 0.2) is 0 Å². The van der Waals surface area contributed by atoms with E-state index in [1.807, 2.05) is 38.1 Å². The summed E-state index contributed by atoms with van der Waals surface area (Å²) >= 11 is 6.15. The molecule has 168 valence electrons. The summed E-state index contributed by atoms with van der Waals surface area (Å²) in [7, 11) is -2.20. The molecule has 0 spiro atoms. The lowest BCUT2D eigenvalue weighted by molar-refractivity contribution is -0.129. The zero-order chi connectivity index (χ0) is 22.8. The predicted molar refractivity (Wildman–Crippen MR) is 125 cm³/mol. The van der Waals surface area contributed by atoms with E-state index in [1.165, 1.54) is 7.11 Å². The molecule has 1 amide bonds. The maximum Gasteiger partial charge on any atom is 0.243 e. The fraction of sp³-hybridized carbons (Fsp3) is 0.409. The third kappa shape index (κ3) is 5.43. The van der Waals surface area contributed by atoms with Crippen molar-refractivity contribution in [3.8, 4) is 5.75 Å². The van der Waals surface area contributed by atoms with Gasteiger partial charge in [0.05, 0.1) is 19.1 Å². The number of piperazine rings is 1. The highest BCUT2D eigenvalue weighted by molar-refractivity contribution is 7.92. The zero-order valence-corrected chi connectivity index (χ0v) is 19.8. The maximum atomic E-state index is 13.0. The molecule has 2 aromatic carbocycles. The largest absolute Gasteiger partial charge is 0.495 e. The van der Waals surface area contributed by atoms with Crippen molar-refractivity contribution in [3.05, 3.63) is 52.5 Å². The normalized spacial score (nSPS) is 14.5. The van der Waals surface area contributed by atoms with Gasteiger partial charge in [0, 0.05) is 36.9 Å². The van der Waals surface area contributed by atoms with Crippen LogP contribution < -0.4 is 13.9 Å². The second-order valence-electron chi connectivity index (χ2n) is 7.74. The van der Waals surface area contributed by atoms with E-state index in [-0.39, 0.29) is 12.5 Å². The molecule has 9 heteroatoms. The topological polar surface area (TPSA) is 70.2 Å². The van der Waals surface area contributed by atoms with Gasteiger partial charge in [-0.05, 0) is 49.2 Å². The van der Waals surface area contributed by atoms with E-state index in [4.69, 9.17) is 16.3 Å². The molecule has 31 heavy (non-hydrogen) atoms. The summed E-state index contributed by atoms with van der Waals surface area (Å²) in [6.07, 6.45) is 1.10. The molecular weight excluding hydrogens is 438 g/mol.